The Bertz CT molecular complexity index is 1460. The molecule has 4 aromatic rings. The maximum Gasteiger partial charge on any atom is 0.210 e. The smallest absolute Gasteiger partial charge is 0.210 e. The summed E-state index contributed by atoms with van der Waals surface area (Å²) in [5.41, 5.74) is 2.22. The first kappa shape index (κ1) is 22.3. The summed E-state index contributed by atoms with van der Waals surface area (Å²) in [5, 5.41) is 0. The molecular formula is C23H18FNO4S3. The molecule has 0 saturated heterocycles. The molecule has 0 unspecified atom stereocenters. The van der Waals surface area contributed by atoms with Crippen molar-refractivity contribution >= 4 is 31.0 Å². The third-order valence-electron chi connectivity index (χ3n) is 4.74. The highest BCUT2D eigenvalue weighted by atomic mass is 32.2. The van der Waals surface area contributed by atoms with E-state index in [4.69, 9.17) is 0 Å². The topological polar surface area (TPSA) is 81.2 Å². The van der Waals surface area contributed by atoms with Gasteiger partial charge in [0, 0.05) is 11.8 Å². The van der Waals surface area contributed by atoms with Gasteiger partial charge in [0.05, 0.1) is 21.2 Å². The Morgan fingerprint density at radius 2 is 1.41 bits per heavy atom. The lowest BCUT2D eigenvalue weighted by Gasteiger charge is -2.04. The van der Waals surface area contributed by atoms with Crippen LogP contribution < -0.4 is 0 Å². The van der Waals surface area contributed by atoms with Crippen molar-refractivity contribution in [3.8, 4) is 21.7 Å². The van der Waals surface area contributed by atoms with E-state index in [9.17, 15) is 21.2 Å². The first-order chi connectivity index (χ1) is 15.1. The van der Waals surface area contributed by atoms with Crippen LogP contribution in [-0.2, 0) is 25.4 Å². The average Bonchev–Trinajstić information content (AvgIpc) is 3.21. The molecule has 0 atom stereocenters. The molecular weight excluding hydrogens is 469 g/mol. The Morgan fingerprint density at radius 1 is 0.812 bits per heavy atom. The van der Waals surface area contributed by atoms with Gasteiger partial charge in [0.15, 0.2) is 9.84 Å². The number of rotatable bonds is 6. The largest absolute Gasteiger partial charge is 0.224 e. The maximum atomic E-state index is 13.4. The molecule has 0 saturated carbocycles. The Labute approximate surface area is 190 Å². The summed E-state index contributed by atoms with van der Waals surface area (Å²) in [6.45, 7) is 0. The molecule has 4 rings (SSSR count). The van der Waals surface area contributed by atoms with Crippen LogP contribution >= 0.6 is 11.3 Å². The highest BCUT2D eigenvalue weighted by Crippen LogP contribution is 2.39. The van der Waals surface area contributed by atoms with Gasteiger partial charge < -0.3 is 0 Å². The minimum Gasteiger partial charge on any atom is -0.224 e. The predicted octanol–water partition coefficient (Wildman–Crippen LogP) is 4.99. The lowest BCUT2D eigenvalue weighted by molar-refractivity contribution is 0.594. The summed E-state index contributed by atoms with van der Waals surface area (Å²) < 4.78 is 63.1. The molecule has 0 aliphatic carbocycles. The molecule has 0 amide bonds. The van der Waals surface area contributed by atoms with Crippen LogP contribution in [-0.4, -0.2) is 28.1 Å². The second kappa shape index (κ2) is 8.57. The Kier molecular flexibility index (Phi) is 5.98. The van der Waals surface area contributed by atoms with E-state index in [1.807, 2.05) is 6.07 Å². The van der Waals surface area contributed by atoms with Gasteiger partial charge in [-0.25, -0.2) is 26.2 Å². The van der Waals surface area contributed by atoms with Gasteiger partial charge in [-0.1, -0.05) is 42.5 Å². The molecule has 0 aliphatic rings. The zero-order valence-electron chi connectivity index (χ0n) is 16.9. The van der Waals surface area contributed by atoms with Gasteiger partial charge in [0.25, 0.3) is 0 Å². The number of sulfone groups is 2. The zero-order chi connectivity index (χ0) is 22.9. The van der Waals surface area contributed by atoms with Gasteiger partial charge in [0.2, 0.25) is 14.2 Å². The van der Waals surface area contributed by atoms with E-state index < -0.39 is 25.5 Å². The van der Waals surface area contributed by atoms with Gasteiger partial charge in [-0.05, 0) is 47.5 Å². The molecule has 9 heteroatoms. The highest BCUT2D eigenvalue weighted by molar-refractivity contribution is 7.92. The fraction of sp³-hybridized carbons (Fsp3) is 0.0870. The number of thiazole rings is 1. The Morgan fingerprint density at radius 3 is 2.00 bits per heavy atom. The third-order valence-corrected chi connectivity index (χ3v) is 9.11. The molecule has 0 bridgehead atoms. The lowest BCUT2D eigenvalue weighted by Crippen LogP contribution is -2.04. The van der Waals surface area contributed by atoms with Gasteiger partial charge >= 0.3 is 0 Å². The van der Waals surface area contributed by atoms with Crippen molar-refractivity contribution in [1.29, 1.82) is 0 Å². The van der Waals surface area contributed by atoms with Crippen LogP contribution in [0.2, 0.25) is 0 Å². The molecule has 1 aromatic heterocycles. The summed E-state index contributed by atoms with van der Waals surface area (Å²) in [6.07, 6.45) is 1.12. The number of nitrogens with zero attached hydrogens (tertiary/aromatic N) is 1. The summed E-state index contributed by atoms with van der Waals surface area (Å²) in [5.74, 6) is -0.614. The van der Waals surface area contributed by atoms with Crippen molar-refractivity contribution < 1.29 is 21.2 Å². The van der Waals surface area contributed by atoms with E-state index in [0.717, 1.165) is 17.6 Å². The number of benzene rings is 3. The molecule has 32 heavy (non-hydrogen) atoms. The van der Waals surface area contributed by atoms with Crippen LogP contribution in [0.1, 0.15) is 5.56 Å². The highest BCUT2D eigenvalue weighted by Gasteiger charge is 2.24. The van der Waals surface area contributed by atoms with E-state index >= 15 is 0 Å². The van der Waals surface area contributed by atoms with Crippen LogP contribution in [0, 0.1) is 5.82 Å². The van der Waals surface area contributed by atoms with Crippen LogP contribution in [0.3, 0.4) is 0 Å². The lowest BCUT2D eigenvalue weighted by atomic mass is 10.1. The van der Waals surface area contributed by atoms with Crippen LogP contribution in [0.25, 0.3) is 21.7 Å². The molecule has 0 aliphatic heterocycles. The van der Waals surface area contributed by atoms with Crippen LogP contribution in [0.15, 0.2) is 88.1 Å². The summed E-state index contributed by atoms with van der Waals surface area (Å²) in [4.78, 5) is 5.13. The van der Waals surface area contributed by atoms with Gasteiger partial charge in [0.1, 0.15) is 5.82 Å². The molecule has 164 valence electrons. The SMILES string of the molecule is CS(=O)(=O)c1ccc(-c2sc(S(=O)(=O)Cc3ccccc3)nc2-c2ccc(F)cc2)cc1. The van der Waals surface area contributed by atoms with E-state index in [1.54, 1.807) is 36.4 Å². The number of hydrogen-bond donors (Lipinski definition) is 0. The van der Waals surface area contributed by atoms with E-state index in [-0.39, 0.29) is 15.0 Å². The van der Waals surface area contributed by atoms with Crippen molar-refractivity contribution in [2.45, 2.75) is 15.0 Å². The average molecular weight is 488 g/mol. The monoisotopic (exact) mass is 487 g/mol. The molecule has 5 nitrogen and oxygen atoms in total. The van der Waals surface area contributed by atoms with E-state index in [0.29, 0.717) is 27.3 Å². The molecule has 3 aromatic carbocycles. The fourth-order valence-corrected chi connectivity index (χ4v) is 6.52. The number of aromatic nitrogens is 1. The Balaban J connectivity index is 1.83. The first-order valence-electron chi connectivity index (χ1n) is 9.47. The molecule has 0 spiro atoms. The first-order valence-corrected chi connectivity index (χ1v) is 13.8. The number of halogens is 1. The van der Waals surface area contributed by atoms with E-state index in [2.05, 4.69) is 4.98 Å². The molecule has 0 N–H and O–H groups in total. The van der Waals surface area contributed by atoms with Gasteiger partial charge in [-0.3, -0.25) is 0 Å². The molecule has 1 heterocycles. The number of hydrogen-bond acceptors (Lipinski definition) is 6. The summed E-state index contributed by atoms with van der Waals surface area (Å²) >= 11 is 1.01. The molecule has 0 fully saturated rings. The van der Waals surface area contributed by atoms with Crippen molar-refractivity contribution in [3.63, 3.8) is 0 Å². The standard InChI is InChI=1S/C23H18FNO4S3/c1-31(26,27)20-13-9-18(10-14-20)22-21(17-7-11-19(24)12-8-17)25-23(30-22)32(28,29)15-16-5-3-2-4-6-16/h2-14H,15H2,1H3. The summed E-state index contributed by atoms with van der Waals surface area (Å²) in [6, 6.07) is 20.6. The van der Waals surface area contributed by atoms with E-state index in [1.165, 1.54) is 36.4 Å². The quantitative estimate of drug-likeness (QED) is 0.383. The van der Waals surface area contributed by atoms with Gasteiger partial charge in [-0.2, -0.15) is 0 Å². The third kappa shape index (κ3) is 4.79. The van der Waals surface area contributed by atoms with Crippen LogP contribution in [0.5, 0.6) is 0 Å². The van der Waals surface area contributed by atoms with Crippen molar-refractivity contribution in [2.24, 2.45) is 0 Å². The molecule has 0 radical (unpaired) electrons. The minimum absolute atomic E-state index is 0.0529. The van der Waals surface area contributed by atoms with Crippen molar-refractivity contribution in [1.82, 2.24) is 4.98 Å². The van der Waals surface area contributed by atoms with Crippen molar-refractivity contribution in [2.75, 3.05) is 6.26 Å². The van der Waals surface area contributed by atoms with Gasteiger partial charge in [-0.15, -0.1) is 11.3 Å². The zero-order valence-corrected chi connectivity index (χ0v) is 19.3. The summed E-state index contributed by atoms with van der Waals surface area (Å²) in [7, 11) is -7.10. The van der Waals surface area contributed by atoms with Crippen LogP contribution in [0.4, 0.5) is 4.39 Å². The second-order valence-corrected chi connectivity index (χ2v) is 12.4. The predicted molar refractivity (Wildman–Crippen MR) is 123 cm³/mol. The van der Waals surface area contributed by atoms with Crippen molar-refractivity contribution in [3.05, 3.63) is 90.2 Å². The normalized spacial score (nSPS) is 12.1. The maximum absolute atomic E-state index is 13.4. The Hall–Kier alpha value is -2.88. The second-order valence-electron chi connectivity index (χ2n) is 7.21. The fourth-order valence-electron chi connectivity index (χ4n) is 3.14. The minimum atomic E-state index is -3.73.